The van der Waals surface area contributed by atoms with E-state index in [0.717, 1.165) is 24.8 Å². The van der Waals surface area contributed by atoms with Crippen molar-refractivity contribution < 1.29 is 9.59 Å². The molecule has 2 amide bonds. The lowest BCUT2D eigenvalue weighted by atomic mass is 10.00. The summed E-state index contributed by atoms with van der Waals surface area (Å²) in [6.45, 7) is 5.84. The van der Waals surface area contributed by atoms with Gasteiger partial charge in [-0.15, -0.1) is 12.4 Å². The molecule has 0 radical (unpaired) electrons. The minimum absolute atomic E-state index is 0. The number of hydrogen-bond donors (Lipinski definition) is 2. The molecule has 1 aromatic carbocycles. The number of nitrogens with one attached hydrogen (secondary N) is 1. The Labute approximate surface area is 156 Å². The smallest absolute Gasteiger partial charge is 0.253 e. The van der Waals surface area contributed by atoms with Crippen LogP contribution >= 0.6 is 12.4 Å². The number of hydrogen-bond acceptors (Lipinski definition) is 3. The minimum atomic E-state index is 0. The Morgan fingerprint density at radius 1 is 1.16 bits per heavy atom. The number of rotatable bonds is 7. The Bertz CT molecular complexity index is 558. The molecule has 1 aliphatic carbocycles. The Kier molecular flexibility index (Phi) is 8.93. The molecule has 0 spiro atoms. The first kappa shape index (κ1) is 21.5. The Hall–Kier alpha value is -1.59. The van der Waals surface area contributed by atoms with Gasteiger partial charge in [0.15, 0.2) is 0 Å². The fourth-order valence-electron chi connectivity index (χ4n) is 3.29. The number of benzene rings is 1. The van der Waals surface area contributed by atoms with Crippen molar-refractivity contribution in [3.63, 3.8) is 0 Å². The molecule has 0 saturated heterocycles. The van der Waals surface area contributed by atoms with Gasteiger partial charge in [-0.05, 0) is 50.3 Å². The van der Waals surface area contributed by atoms with Crippen LogP contribution in [0.15, 0.2) is 24.3 Å². The van der Waals surface area contributed by atoms with Crippen molar-refractivity contribution in [2.24, 2.45) is 11.7 Å². The zero-order chi connectivity index (χ0) is 17.5. The first-order valence-electron chi connectivity index (χ1n) is 8.95. The van der Waals surface area contributed by atoms with Crippen LogP contribution in [0.25, 0.3) is 0 Å². The molecule has 1 fully saturated rings. The number of halogens is 1. The monoisotopic (exact) mass is 367 g/mol. The average molecular weight is 368 g/mol. The second-order valence-corrected chi connectivity index (χ2v) is 6.51. The fraction of sp³-hybridized carbons (Fsp3) is 0.579. The highest BCUT2D eigenvalue weighted by Gasteiger charge is 2.25. The molecule has 2 rings (SSSR count). The van der Waals surface area contributed by atoms with Gasteiger partial charge in [0, 0.05) is 37.7 Å². The van der Waals surface area contributed by atoms with E-state index in [-0.39, 0.29) is 30.3 Å². The van der Waals surface area contributed by atoms with Crippen LogP contribution in [0.2, 0.25) is 0 Å². The lowest BCUT2D eigenvalue weighted by molar-refractivity contribution is -0.122. The third-order valence-electron chi connectivity index (χ3n) is 4.91. The highest BCUT2D eigenvalue weighted by atomic mass is 35.5. The maximum absolute atomic E-state index is 12.3. The van der Waals surface area contributed by atoms with Crippen LogP contribution in [0.3, 0.4) is 0 Å². The normalized spacial score (nSPS) is 19.2. The maximum Gasteiger partial charge on any atom is 0.253 e. The summed E-state index contributed by atoms with van der Waals surface area (Å²) in [5.74, 6) is 0.422. The molecular formula is C19H30ClN3O2. The summed E-state index contributed by atoms with van der Waals surface area (Å²) in [7, 11) is 0. The summed E-state index contributed by atoms with van der Waals surface area (Å²) in [5, 5.41) is 2.95. The van der Waals surface area contributed by atoms with Crippen molar-refractivity contribution in [3.8, 4) is 0 Å². The highest BCUT2D eigenvalue weighted by Crippen LogP contribution is 2.26. The van der Waals surface area contributed by atoms with Gasteiger partial charge in [0.05, 0.1) is 0 Å². The van der Waals surface area contributed by atoms with E-state index >= 15 is 0 Å². The topological polar surface area (TPSA) is 75.4 Å². The largest absolute Gasteiger partial charge is 0.352 e. The molecule has 6 heteroatoms. The predicted molar refractivity (Wildman–Crippen MR) is 103 cm³/mol. The van der Waals surface area contributed by atoms with Crippen LogP contribution in [0.4, 0.5) is 0 Å². The van der Waals surface area contributed by atoms with Crippen LogP contribution in [0.5, 0.6) is 0 Å². The second kappa shape index (κ2) is 10.4. The van der Waals surface area contributed by atoms with Crippen molar-refractivity contribution in [1.82, 2.24) is 10.2 Å². The molecule has 0 heterocycles. The summed E-state index contributed by atoms with van der Waals surface area (Å²) in [6, 6.07) is 7.63. The Balaban J connectivity index is 0.00000312. The number of amides is 2. The van der Waals surface area contributed by atoms with E-state index < -0.39 is 0 Å². The van der Waals surface area contributed by atoms with Gasteiger partial charge in [0.1, 0.15) is 0 Å². The molecule has 5 nitrogen and oxygen atoms in total. The first-order valence-corrected chi connectivity index (χ1v) is 8.95. The number of carbonyl (C=O) groups is 2. The third kappa shape index (κ3) is 6.01. The van der Waals surface area contributed by atoms with Crippen molar-refractivity contribution in [1.29, 1.82) is 0 Å². The van der Waals surface area contributed by atoms with E-state index in [0.29, 0.717) is 37.5 Å². The number of carbonyl (C=O) groups excluding carboxylic acids is 2. The summed E-state index contributed by atoms with van der Waals surface area (Å²) in [4.78, 5) is 26.1. The van der Waals surface area contributed by atoms with Gasteiger partial charge in [0.25, 0.3) is 5.91 Å². The summed E-state index contributed by atoms with van der Waals surface area (Å²) in [5.41, 5.74) is 7.69. The molecule has 0 aromatic heterocycles. The summed E-state index contributed by atoms with van der Waals surface area (Å²) < 4.78 is 0. The third-order valence-corrected chi connectivity index (χ3v) is 4.91. The SMILES string of the molecule is CCN(CC)C(=O)c1ccc(CNC(=O)C[C@@H]2CCC[C@H]2N)cc1.Cl. The molecule has 0 aliphatic heterocycles. The molecule has 0 unspecified atom stereocenters. The van der Waals surface area contributed by atoms with Gasteiger partial charge in [-0.1, -0.05) is 18.6 Å². The molecular weight excluding hydrogens is 338 g/mol. The predicted octanol–water partition coefficient (Wildman–Crippen LogP) is 2.72. The standard InChI is InChI=1S/C19H29N3O2.ClH/c1-3-22(4-2)19(24)15-10-8-14(9-11-15)13-21-18(23)12-16-6-5-7-17(16)20;/h8-11,16-17H,3-7,12-13,20H2,1-2H3,(H,21,23);1H/t16-,17+;/m0./s1. The molecule has 25 heavy (non-hydrogen) atoms. The second-order valence-electron chi connectivity index (χ2n) is 6.51. The number of nitrogens with two attached hydrogens (primary N) is 1. The van der Waals surface area contributed by atoms with E-state index in [4.69, 9.17) is 5.73 Å². The van der Waals surface area contributed by atoms with Gasteiger partial charge < -0.3 is 16.0 Å². The van der Waals surface area contributed by atoms with E-state index in [2.05, 4.69) is 5.32 Å². The lowest BCUT2D eigenvalue weighted by Crippen LogP contribution is -2.31. The molecule has 1 aromatic rings. The molecule has 1 aliphatic rings. The van der Waals surface area contributed by atoms with E-state index in [9.17, 15) is 9.59 Å². The summed E-state index contributed by atoms with van der Waals surface area (Å²) >= 11 is 0. The van der Waals surface area contributed by atoms with Gasteiger partial charge in [-0.2, -0.15) is 0 Å². The van der Waals surface area contributed by atoms with E-state index in [1.807, 2.05) is 38.1 Å². The minimum Gasteiger partial charge on any atom is -0.352 e. The van der Waals surface area contributed by atoms with Crippen molar-refractivity contribution in [2.45, 2.75) is 52.1 Å². The average Bonchev–Trinajstić information content (AvgIpc) is 2.99. The maximum atomic E-state index is 12.3. The molecule has 140 valence electrons. The highest BCUT2D eigenvalue weighted by molar-refractivity contribution is 5.94. The lowest BCUT2D eigenvalue weighted by Gasteiger charge is -2.18. The van der Waals surface area contributed by atoms with Crippen molar-refractivity contribution in [3.05, 3.63) is 35.4 Å². The zero-order valence-corrected chi connectivity index (χ0v) is 16.0. The molecule has 0 bridgehead atoms. The number of nitrogens with zero attached hydrogens (tertiary/aromatic N) is 1. The van der Waals surface area contributed by atoms with E-state index in [1.54, 1.807) is 4.90 Å². The van der Waals surface area contributed by atoms with Crippen molar-refractivity contribution in [2.75, 3.05) is 13.1 Å². The van der Waals surface area contributed by atoms with Crippen LogP contribution < -0.4 is 11.1 Å². The zero-order valence-electron chi connectivity index (χ0n) is 15.2. The molecule has 3 N–H and O–H groups in total. The van der Waals surface area contributed by atoms with Crippen LogP contribution in [0.1, 0.15) is 55.5 Å². The molecule has 2 atom stereocenters. The van der Waals surface area contributed by atoms with Crippen LogP contribution in [0, 0.1) is 5.92 Å². The van der Waals surface area contributed by atoms with Crippen molar-refractivity contribution >= 4 is 24.2 Å². The Morgan fingerprint density at radius 2 is 1.80 bits per heavy atom. The fourth-order valence-corrected chi connectivity index (χ4v) is 3.29. The van der Waals surface area contributed by atoms with Gasteiger partial charge in [0.2, 0.25) is 5.91 Å². The van der Waals surface area contributed by atoms with Gasteiger partial charge >= 0.3 is 0 Å². The molecule has 1 saturated carbocycles. The first-order chi connectivity index (χ1) is 11.5. The Morgan fingerprint density at radius 3 is 2.32 bits per heavy atom. The van der Waals surface area contributed by atoms with Crippen LogP contribution in [-0.2, 0) is 11.3 Å². The van der Waals surface area contributed by atoms with Crippen LogP contribution in [-0.4, -0.2) is 35.8 Å². The quantitative estimate of drug-likeness (QED) is 0.778. The van der Waals surface area contributed by atoms with Gasteiger partial charge in [-0.3, -0.25) is 9.59 Å². The van der Waals surface area contributed by atoms with Gasteiger partial charge in [-0.25, -0.2) is 0 Å². The van der Waals surface area contributed by atoms with E-state index in [1.165, 1.54) is 0 Å². The summed E-state index contributed by atoms with van der Waals surface area (Å²) in [6.07, 6.45) is 3.72.